The van der Waals surface area contributed by atoms with Crippen LogP contribution in [0.2, 0.25) is 0 Å². The van der Waals surface area contributed by atoms with Gasteiger partial charge in [-0.2, -0.15) is 0 Å². The Kier molecular flexibility index (Phi) is 3.15. The van der Waals surface area contributed by atoms with E-state index in [1.54, 1.807) is 0 Å². The Hall–Kier alpha value is -1.09. The lowest BCUT2D eigenvalue weighted by Gasteiger charge is -2.30. The molecule has 0 amide bonds. The van der Waals surface area contributed by atoms with Crippen molar-refractivity contribution in [2.24, 2.45) is 0 Å². The maximum atomic E-state index is 4.66. The Morgan fingerprint density at radius 1 is 1.44 bits per heavy atom. The first-order chi connectivity index (χ1) is 7.61. The number of fused-ring (bicyclic) bond motifs is 1. The van der Waals surface area contributed by atoms with Gasteiger partial charge < -0.3 is 10.2 Å². The summed E-state index contributed by atoms with van der Waals surface area (Å²) in [5.74, 6) is 0. The zero-order valence-electron chi connectivity index (χ0n) is 10.7. The average molecular weight is 219 g/mol. The first-order valence-corrected chi connectivity index (χ1v) is 5.95. The first-order valence-electron chi connectivity index (χ1n) is 5.95. The van der Waals surface area contributed by atoms with Crippen molar-refractivity contribution in [1.29, 1.82) is 0 Å². The van der Waals surface area contributed by atoms with E-state index in [2.05, 4.69) is 42.3 Å². The Balaban J connectivity index is 2.36. The SMILES string of the molecule is CNc1cc(C)nc2c1CC(N(C)C)CC2. The molecule has 0 radical (unpaired) electrons. The second-order valence-electron chi connectivity index (χ2n) is 4.85. The van der Waals surface area contributed by atoms with Gasteiger partial charge in [-0.05, 0) is 51.9 Å². The quantitative estimate of drug-likeness (QED) is 0.823. The van der Waals surface area contributed by atoms with Gasteiger partial charge in [0.25, 0.3) is 0 Å². The summed E-state index contributed by atoms with van der Waals surface area (Å²) in [6.07, 6.45) is 3.44. The molecule has 3 heteroatoms. The van der Waals surface area contributed by atoms with Crippen molar-refractivity contribution in [2.45, 2.75) is 32.2 Å². The van der Waals surface area contributed by atoms with Crippen LogP contribution < -0.4 is 5.32 Å². The Bertz CT molecular complexity index is 368. The van der Waals surface area contributed by atoms with Crippen molar-refractivity contribution < 1.29 is 0 Å². The fraction of sp³-hybridized carbons (Fsp3) is 0.615. The van der Waals surface area contributed by atoms with Gasteiger partial charge in [-0.15, -0.1) is 0 Å². The molecule has 0 aromatic carbocycles. The highest BCUT2D eigenvalue weighted by Crippen LogP contribution is 2.28. The predicted molar refractivity (Wildman–Crippen MR) is 68.0 cm³/mol. The highest BCUT2D eigenvalue weighted by molar-refractivity contribution is 5.54. The van der Waals surface area contributed by atoms with Crippen LogP contribution in [0, 0.1) is 6.92 Å². The lowest BCUT2D eigenvalue weighted by atomic mass is 9.89. The molecular weight excluding hydrogens is 198 g/mol. The fourth-order valence-corrected chi connectivity index (χ4v) is 2.50. The summed E-state index contributed by atoms with van der Waals surface area (Å²) < 4.78 is 0. The topological polar surface area (TPSA) is 28.2 Å². The zero-order valence-corrected chi connectivity index (χ0v) is 10.7. The van der Waals surface area contributed by atoms with Crippen molar-refractivity contribution in [1.82, 2.24) is 9.88 Å². The van der Waals surface area contributed by atoms with E-state index >= 15 is 0 Å². The van der Waals surface area contributed by atoms with Gasteiger partial charge in [0, 0.05) is 30.2 Å². The first kappa shape index (κ1) is 11.4. The van der Waals surface area contributed by atoms with E-state index in [4.69, 9.17) is 0 Å². The Morgan fingerprint density at radius 3 is 2.81 bits per heavy atom. The van der Waals surface area contributed by atoms with Gasteiger partial charge in [0.05, 0.1) is 0 Å². The van der Waals surface area contributed by atoms with E-state index in [9.17, 15) is 0 Å². The van der Waals surface area contributed by atoms with Crippen LogP contribution in [0.4, 0.5) is 5.69 Å². The van der Waals surface area contributed by atoms with Crippen molar-refractivity contribution >= 4 is 5.69 Å². The normalized spacial score (nSPS) is 19.7. The van der Waals surface area contributed by atoms with Gasteiger partial charge in [0.15, 0.2) is 0 Å². The Morgan fingerprint density at radius 2 is 2.19 bits per heavy atom. The van der Waals surface area contributed by atoms with Gasteiger partial charge in [0.1, 0.15) is 0 Å². The minimum absolute atomic E-state index is 0.657. The maximum Gasteiger partial charge on any atom is 0.0460 e. The third-order valence-corrected chi connectivity index (χ3v) is 3.49. The summed E-state index contributed by atoms with van der Waals surface area (Å²) in [5.41, 5.74) is 5.08. The Labute approximate surface area is 97.9 Å². The third-order valence-electron chi connectivity index (χ3n) is 3.49. The monoisotopic (exact) mass is 219 g/mol. The fourth-order valence-electron chi connectivity index (χ4n) is 2.50. The highest BCUT2D eigenvalue weighted by atomic mass is 15.1. The van der Waals surface area contributed by atoms with E-state index in [0.29, 0.717) is 6.04 Å². The van der Waals surface area contributed by atoms with Crippen molar-refractivity contribution in [3.63, 3.8) is 0 Å². The van der Waals surface area contributed by atoms with Crippen molar-refractivity contribution in [3.8, 4) is 0 Å². The highest BCUT2D eigenvalue weighted by Gasteiger charge is 2.23. The molecule has 1 aliphatic carbocycles. The molecule has 0 saturated carbocycles. The van der Waals surface area contributed by atoms with Gasteiger partial charge in [0.2, 0.25) is 0 Å². The maximum absolute atomic E-state index is 4.66. The van der Waals surface area contributed by atoms with Gasteiger partial charge in [-0.25, -0.2) is 0 Å². The molecule has 0 bridgehead atoms. The molecule has 1 N–H and O–H groups in total. The number of aromatic nitrogens is 1. The standard InChI is InChI=1S/C13H21N3/c1-9-7-13(14-2)11-8-10(16(3)4)5-6-12(11)15-9/h7,10H,5-6,8H2,1-4H3,(H,14,15). The minimum atomic E-state index is 0.657. The van der Waals surface area contributed by atoms with E-state index in [1.165, 1.54) is 23.4 Å². The molecule has 0 fully saturated rings. The van der Waals surface area contributed by atoms with Crippen molar-refractivity contribution in [2.75, 3.05) is 26.5 Å². The van der Waals surface area contributed by atoms with E-state index in [-0.39, 0.29) is 0 Å². The molecular formula is C13H21N3. The summed E-state index contributed by atoms with van der Waals surface area (Å²) >= 11 is 0. The van der Waals surface area contributed by atoms with E-state index < -0.39 is 0 Å². The van der Waals surface area contributed by atoms with Gasteiger partial charge >= 0.3 is 0 Å². The molecule has 1 unspecified atom stereocenters. The summed E-state index contributed by atoms with van der Waals surface area (Å²) in [7, 11) is 6.32. The summed E-state index contributed by atoms with van der Waals surface area (Å²) in [6, 6.07) is 2.81. The average Bonchev–Trinajstić information content (AvgIpc) is 2.27. The number of nitrogens with zero attached hydrogens (tertiary/aromatic N) is 2. The molecule has 1 aromatic heterocycles. The second-order valence-corrected chi connectivity index (χ2v) is 4.85. The van der Waals surface area contributed by atoms with Crippen LogP contribution in [0.5, 0.6) is 0 Å². The number of likely N-dealkylation sites (N-methyl/N-ethyl adjacent to an activating group) is 1. The smallest absolute Gasteiger partial charge is 0.0460 e. The summed E-state index contributed by atoms with van der Waals surface area (Å²) in [6.45, 7) is 2.07. The number of nitrogens with one attached hydrogen (secondary N) is 1. The van der Waals surface area contributed by atoms with E-state index in [1.807, 2.05) is 7.05 Å². The number of rotatable bonds is 2. The summed E-state index contributed by atoms with van der Waals surface area (Å²) in [4.78, 5) is 6.98. The van der Waals surface area contributed by atoms with Crippen molar-refractivity contribution in [3.05, 3.63) is 23.0 Å². The number of pyridine rings is 1. The van der Waals surface area contributed by atoms with Crippen LogP contribution in [0.1, 0.15) is 23.4 Å². The lowest BCUT2D eigenvalue weighted by Crippen LogP contribution is -2.34. The molecule has 16 heavy (non-hydrogen) atoms. The van der Waals surface area contributed by atoms with Gasteiger partial charge in [-0.1, -0.05) is 0 Å². The van der Waals surface area contributed by atoms with Crippen LogP contribution in [-0.2, 0) is 12.8 Å². The molecule has 1 atom stereocenters. The zero-order chi connectivity index (χ0) is 11.7. The summed E-state index contributed by atoms with van der Waals surface area (Å²) in [5, 5.41) is 3.30. The molecule has 88 valence electrons. The number of hydrogen-bond donors (Lipinski definition) is 1. The molecule has 1 aromatic rings. The molecule has 0 saturated heterocycles. The molecule has 0 aliphatic heterocycles. The predicted octanol–water partition coefficient (Wildman–Crippen LogP) is 1.85. The van der Waals surface area contributed by atoms with Crippen LogP contribution in [0.3, 0.4) is 0 Å². The molecule has 2 rings (SSSR count). The number of aryl methyl sites for hydroxylation is 2. The third kappa shape index (κ3) is 2.05. The number of anilines is 1. The van der Waals surface area contributed by atoms with Crippen LogP contribution in [0.25, 0.3) is 0 Å². The second kappa shape index (κ2) is 4.42. The number of hydrogen-bond acceptors (Lipinski definition) is 3. The van der Waals surface area contributed by atoms with Crippen LogP contribution in [-0.4, -0.2) is 37.1 Å². The van der Waals surface area contributed by atoms with Crippen LogP contribution in [0.15, 0.2) is 6.07 Å². The molecule has 3 nitrogen and oxygen atoms in total. The molecule has 0 spiro atoms. The largest absolute Gasteiger partial charge is 0.388 e. The minimum Gasteiger partial charge on any atom is -0.388 e. The molecule has 1 aliphatic rings. The van der Waals surface area contributed by atoms with Gasteiger partial charge in [-0.3, -0.25) is 4.98 Å². The lowest BCUT2D eigenvalue weighted by molar-refractivity contribution is 0.267. The molecule has 1 heterocycles. The van der Waals surface area contributed by atoms with E-state index in [0.717, 1.165) is 18.5 Å². The van der Waals surface area contributed by atoms with Crippen LogP contribution >= 0.6 is 0 Å².